The second-order valence-electron chi connectivity index (χ2n) is 4.99. The summed E-state index contributed by atoms with van der Waals surface area (Å²) in [5.41, 5.74) is -2.01. The van der Waals surface area contributed by atoms with Crippen LogP contribution in [0.25, 0.3) is 0 Å². The zero-order valence-electron chi connectivity index (χ0n) is 13.1. The van der Waals surface area contributed by atoms with Gasteiger partial charge in [-0.3, -0.25) is 9.36 Å². The Bertz CT molecular complexity index is 998. The van der Waals surface area contributed by atoms with Crippen LogP contribution in [-0.4, -0.2) is 9.13 Å². The predicted molar refractivity (Wildman–Crippen MR) is 83.7 cm³/mol. The van der Waals surface area contributed by atoms with E-state index in [4.69, 9.17) is 5.26 Å². The molecule has 1 aromatic carbocycles. The summed E-state index contributed by atoms with van der Waals surface area (Å²) < 4.78 is 39.5. The number of aromatic nitrogens is 2. The van der Waals surface area contributed by atoms with E-state index in [2.05, 4.69) is 11.8 Å². The number of halogens is 3. The van der Waals surface area contributed by atoms with Gasteiger partial charge >= 0.3 is 11.9 Å². The van der Waals surface area contributed by atoms with E-state index in [0.29, 0.717) is 5.56 Å². The van der Waals surface area contributed by atoms with Crippen LogP contribution in [0.5, 0.6) is 0 Å². The normalized spacial score (nSPS) is 10.7. The van der Waals surface area contributed by atoms with Crippen molar-refractivity contribution in [2.45, 2.75) is 26.2 Å². The fraction of sp³-hybridized carbons (Fsp3) is 0.235. The summed E-state index contributed by atoms with van der Waals surface area (Å²) in [4.78, 5) is 24.1. The van der Waals surface area contributed by atoms with E-state index in [1.54, 1.807) is 13.0 Å². The molecule has 0 radical (unpaired) electrons. The Hall–Kier alpha value is -3.26. The van der Waals surface area contributed by atoms with E-state index >= 15 is 0 Å². The van der Waals surface area contributed by atoms with Crippen LogP contribution in [0.15, 0.2) is 40.1 Å². The van der Waals surface area contributed by atoms with Gasteiger partial charge in [0.25, 0.3) is 5.56 Å². The lowest BCUT2D eigenvalue weighted by atomic mass is 10.1. The second-order valence-corrected chi connectivity index (χ2v) is 4.99. The number of nitrogens with zero attached hydrogens (tertiary/aromatic N) is 3. The molecule has 0 saturated heterocycles. The first-order valence-electron chi connectivity index (χ1n) is 7.18. The van der Waals surface area contributed by atoms with Crippen molar-refractivity contribution in [3.63, 3.8) is 0 Å². The topological polar surface area (TPSA) is 67.8 Å². The van der Waals surface area contributed by atoms with E-state index < -0.39 is 23.0 Å². The van der Waals surface area contributed by atoms with Crippen molar-refractivity contribution in [2.24, 2.45) is 0 Å². The molecule has 0 atom stereocenters. The molecule has 1 aromatic heterocycles. The predicted octanol–water partition coefficient (Wildman–Crippen LogP) is 1.97. The first-order valence-corrected chi connectivity index (χ1v) is 7.18. The molecule has 5 nitrogen and oxygen atoms in total. The highest BCUT2D eigenvalue weighted by Crippen LogP contribution is 2.28. The molecule has 1 heterocycles. The molecule has 0 spiro atoms. The molecule has 0 aliphatic heterocycles. The first kappa shape index (κ1) is 18.1. The zero-order valence-corrected chi connectivity index (χ0v) is 13.1. The number of hydrogen-bond acceptors (Lipinski definition) is 3. The third-order valence-corrected chi connectivity index (χ3v) is 3.38. The maximum atomic E-state index is 12.5. The average molecular weight is 347 g/mol. The molecule has 0 bridgehead atoms. The van der Waals surface area contributed by atoms with Gasteiger partial charge in [0.2, 0.25) is 0 Å². The highest BCUT2D eigenvalue weighted by Gasteiger charge is 2.29. The summed E-state index contributed by atoms with van der Waals surface area (Å²) in [5, 5.41) is 8.94. The summed E-state index contributed by atoms with van der Waals surface area (Å²) in [6, 6.07) is 5.92. The van der Waals surface area contributed by atoms with Crippen LogP contribution >= 0.6 is 0 Å². The summed E-state index contributed by atoms with van der Waals surface area (Å²) in [7, 11) is 0. The quantitative estimate of drug-likeness (QED) is 0.780. The molecule has 0 unspecified atom stereocenters. The summed E-state index contributed by atoms with van der Waals surface area (Å²) in [6.45, 7) is 1.69. The minimum Gasteiger partial charge on any atom is -0.299 e. The van der Waals surface area contributed by atoms with Gasteiger partial charge < -0.3 is 0 Å². The number of hydrogen-bond donors (Lipinski definition) is 0. The summed E-state index contributed by atoms with van der Waals surface area (Å²) in [6.07, 6.45) is -3.24. The van der Waals surface area contributed by atoms with E-state index in [1.165, 1.54) is 22.9 Å². The van der Waals surface area contributed by atoms with Gasteiger partial charge in [-0.15, -0.1) is 0 Å². The van der Waals surface area contributed by atoms with Gasteiger partial charge in [0.05, 0.1) is 12.1 Å². The molecule has 128 valence electrons. The summed E-state index contributed by atoms with van der Waals surface area (Å²) in [5.74, 6) is 5.16. The lowest BCUT2D eigenvalue weighted by Gasteiger charge is -2.06. The highest BCUT2D eigenvalue weighted by molar-refractivity contribution is 5.37. The fourth-order valence-electron chi connectivity index (χ4n) is 2.06. The van der Waals surface area contributed by atoms with Gasteiger partial charge in [-0.25, -0.2) is 9.36 Å². The van der Waals surface area contributed by atoms with Gasteiger partial charge in [0.15, 0.2) is 0 Å². The fourth-order valence-corrected chi connectivity index (χ4v) is 2.06. The Morgan fingerprint density at radius 1 is 1.16 bits per heavy atom. The molecule has 8 heteroatoms. The Kier molecular flexibility index (Phi) is 5.14. The molecular formula is C17H12F3N3O2. The van der Waals surface area contributed by atoms with Crippen molar-refractivity contribution in [3.05, 3.63) is 68.0 Å². The molecule has 0 N–H and O–H groups in total. The largest absolute Gasteiger partial charge is 0.416 e. The molecule has 2 rings (SSSR count). The Morgan fingerprint density at radius 3 is 2.32 bits per heavy atom. The van der Waals surface area contributed by atoms with Crippen molar-refractivity contribution in [2.75, 3.05) is 0 Å². The van der Waals surface area contributed by atoms with Crippen LogP contribution in [0.2, 0.25) is 0 Å². The monoisotopic (exact) mass is 347 g/mol. The van der Waals surface area contributed by atoms with Gasteiger partial charge in [0, 0.05) is 18.3 Å². The minimum absolute atomic E-state index is 0.183. The SMILES string of the molecule is CCn1cc(C#N)c(=O)n(CC#Cc2ccc(C(F)(F)F)cc2)c1=O. The van der Waals surface area contributed by atoms with Crippen LogP contribution < -0.4 is 11.2 Å². The van der Waals surface area contributed by atoms with Crippen molar-refractivity contribution in [1.29, 1.82) is 5.26 Å². The molecular weight excluding hydrogens is 335 g/mol. The van der Waals surface area contributed by atoms with E-state index in [-0.39, 0.29) is 18.7 Å². The molecule has 0 fully saturated rings. The molecule has 0 aliphatic rings. The Labute approximate surface area is 140 Å². The number of nitriles is 1. The maximum Gasteiger partial charge on any atom is 0.416 e. The molecule has 25 heavy (non-hydrogen) atoms. The van der Waals surface area contributed by atoms with Crippen molar-refractivity contribution in [3.8, 4) is 17.9 Å². The Balaban J connectivity index is 2.32. The minimum atomic E-state index is -4.43. The van der Waals surface area contributed by atoms with Crippen LogP contribution in [0.1, 0.15) is 23.6 Å². The van der Waals surface area contributed by atoms with Crippen LogP contribution in [-0.2, 0) is 19.3 Å². The van der Waals surface area contributed by atoms with E-state index in [0.717, 1.165) is 16.7 Å². The first-order chi connectivity index (χ1) is 11.8. The maximum absolute atomic E-state index is 12.5. The Morgan fingerprint density at radius 2 is 1.80 bits per heavy atom. The number of benzene rings is 1. The van der Waals surface area contributed by atoms with Crippen LogP contribution in [0.3, 0.4) is 0 Å². The number of aryl methyl sites for hydroxylation is 1. The molecule has 2 aromatic rings. The lowest BCUT2D eigenvalue weighted by molar-refractivity contribution is -0.137. The third-order valence-electron chi connectivity index (χ3n) is 3.38. The highest BCUT2D eigenvalue weighted by atomic mass is 19.4. The van der Waals surface area contributed by atoms with Gasteiger partial charge in [-0.1, -0.05) is 11.8 Å². The van der Waals surface area contributed by atoms with E-state index in [9.17, 15) is 22.8 Å². The van der Waals surface area contributed by atoms with E-state index in [1.807, 2.05) is 0 Å². The molecule has 0 amide bonds. The van der Waals surface area contributed by atoms with Crippen molar-refractivity contribution < 1.29 is 13.2 Å². The lowest BCUT2D eigenvalue weighted by Crippen LogP contribution is -2.40. The van der Waals surface area contributed by atoms with Crippen LogP contribution in [0.4, 0.5) is 13.2 Å². The third kappa shape index (κ3) is 3.99. The van der Waals surface area contributed by atoms with Crippen molar-refractivity contribution in [1.82, 2.24) is 9.13 Å². The van der Waals surface area contributed by atoms with Gasteiger partial charge in [-0.2, -0.15) is 18.4 Å². The molecule has 0 saturated carbocycles. The summed E-state index contributed by atoms with van der Waals surface area (Å²) >= 11 is 0. The van der Waals surface area contributed by atoms with Gasteiger partial charge in [0.1, 0.15) is 11.6 Å². The molecule has 0 aliphatic carbocycles. The van der Waals surface area contributed by atoms with Gasteiger partial charge in [-0.05, 0) is 31.2 Å². The van der Waals surface area contributed by atoms with Crippen LogP contribution in [0, 0.1) is 23.2 Å². The second kappa shape index (κ2) is 7.10. The van der Waals surface area contributed by atoms with Crippen molar-refractivity contribution >= 4 is 0 Å². The smallest absolute Gasteiger partial charge is 0.299 e. The average Bonchev–Trinajstić information content (AvgIpc) is 2.58. The number of alkyl halides is 3. The zero-order chi connectivity index (χ0) is 18.6. The standard InChI is InChI=1S/C17H12F3N3O2/c1-2-22-11-13(10-21)15(24)23(16(22)25)9-3-4-12-5-7-14(8-6-12)17(18,19)20/h5-8,11H,2,9H2,1H3. The number of rotatable bonds is 2.